The molecule has 2 aromatic heterocycles. The molecule has 4 nitrogen and oxygen atoms in total. The Morgan fingerprint density at radius 3 is 2.80 bits per heavy atom. The van der Waals surface area contributed by atoms with Crippen molar-refractivity contribution in [2.45, 2.75) is 39.3 Å². The van der Waals surface area contributed by atoms with Crippen molar-refractivity contribution in [1.82, 2.24) is 14.8 Å². The van der Waals surface area contributed by atoms with E-state index in [1.54, 1.807) is 0 Å². The number of hydrogen-bond acceptors (Lipinski definition) is 4. The fourth-order valence-corrected chi connectivity index (χ4v) is 4.49. The molecule has 1 aliphatic carbocycles. The summed E-state index contributed by atoms with van der Waals surface area (Å²) in [5.74, 6) is 3.00. The highest BCUT2D eigenvalue weighted by molar-refractivity contribution is 5.10. The van der Waals surface area contributed by atoms with Crippen molar-refractivity contribution in [3.63, 3.8) is 0 Å². The summed E-state index contributed by atoms with van der Waals surface area (Å²) in [4.78, 5) is 9.24. The number of furan rings is 1. The van der Waals surface area contributed by atoms with Gasteiger partial charge in [-0.1, -0.05) is 6.07 Å². The first kappa shape index (κ1) is 16.8. The summed E-state index contributed by atoms with van der Waals surface area (Å²) in [6, 6.07) is 8.38. The van der Waals surface area contributed by atoms with E-state index in [4.69, 9.17) is 4.42 Å². The largest absolute Gasteiger partial charge is 0.465 e. The van der Waals surface area contributed by atoms with Crippen molar-refractivity contribution in [3.05, 3.63) is 53.7 Å². The number of aromatic nitrogens is 1. The molecule has 0 amide bonds. The summed E-state index contributed by atoms with van der Waals surface area (Å²) in [5.41, 5.74) is 1.93. The standard InChI is InChI=1S/C21H29N3O/c1-17-5-6-20(25-17)16-24-10-7-21(8-11-24)12-19(21)15-23(2)14-18-4-3-9-22-13-18/h3-6,9,13,19H,7-8,10-12,14-16H2,1-2H3. The SMILES string of the molecule is Cc1ccc(CN2CCC3(CC2)CC3CN(C)Cc2cccnc2)o1. The number of nitrogens with zero attached hydrogens (tertiary/aromatic N) is 3. The number of pyridine rings is 1. The molecule has 0 N–H and O–H groups in total. The summed E-state index contributed by atoms with van der Waals surface area (Å²) < 4.78 is 5.73. The van der Waals surface area contributed by atoms with E-state index in [0.717, 1.165) is 30.5 Å². The summed E-state index contributed by atoms with van der Waals surface area (Å²) in [6.07, 6.45) is 7.93. The van der Waals surface area contributed by atoms with Gasteiger partial charge in [0.15, 0.2) is 0 Å². The molecular formula is C21H29N3O. The first-order valence-electron chi connectivity index (χ1n) is 9.48. The van der Waals surface area contributed by atoms with Gasteiger partial charge in [0.1, 0.15) is 11.5 Å². The first-order valence-corrected chi connectivity index (χ1v) is 9.48. The van der Waals surface area contributed by atoms with Crippen LogP contribution in [0.15, 0.2) is 41.1 Å². The molecule has 1 saturated carbocycles. The lowest BCUT2D eigenvalue weighted by atomic mass is 9.90. The van der Waals surface area contributed by atoms with Crippen LogP contribution in [0, 0.1) is 18.3 Å². The lowest BCUT2D eigenvalue weighted by Crippen LogP contribution is -2.35. The average molecular weight is 339 g/mol. The van der Waals surface area contributed by atoms with E-state index in [1.807, 2.05) is 25.4 Å². The summed E-state index contributed by atoms with van der Waals surface area (Å²) in [7, 11) is 2.24. The van der Waals surface area contributed by atoms with Gasteiger partial charge in [0.25, 0.3) is 0 Å². The molecule has 25 heavy (non-hydrogen) atoms. The Labute approximate surface area is 150 Å². The number of likely N-dealkylation sites (tertiary alicyclic amines) is 1. The van der Waals surface area contributed by atoms with Gasteiger partial charge in [-0.3, -0.25) is 9.88 Å². The van der Waals surface area contributed by atoms with Gasteiger partial charge in [-0.15, -0.1) is 0 Å². The number of aryl methyl sites for hydroxylation is 1. The zero-order chi connectivity index (χ0) is 17.3. The van der Waals surface area contributed by atoms with Crippen molar-refractivity contribution >= 4 is 0 Å². The highest BCUT2D eigenvalue weighted by Crippen LogP contribution is 2.59. The maximum Gasteiger partial charge on any atom is 0.118 e. The van der Waals surface area contributed by atoms with Crippen LogP contribution in [0.5, 0.6) is 0 Å². The Kier molecular flexibility index (Phi) is 4.65. The predicted octanol–water partition coefficient (Wildman–Crippen LogP) is 3.72. The molecule has 2 fully saturated rings. The van der Waals surface area contributed by atoms with E-state index in [9.17, 15) is 0 Å². The molecule has 2 aromatic rings. The number of hydrogen-bond donors (Lipinski definition) is 0. The Morgan fingerprint density at radius 1 is 1.28 bits per heavy atom. The highest BCUT2D eigenvalue weighted by atomic mass is 16.3. The van der Waals surface area contributed by atoms with Crippen LogP contribution in [-0.4, -0.2) is 41.5 Å². The molecule has 1 unspecified atom stereocenters. The Morgan fingerprint density at radius 2 is 2.12 bits per heavy atom. The topological polar surface area (TPSA) is 32.5 Å². The quantitative estimate of drug-likeness (QED) is 0.803. The normalized spacial score (nSPS) is 22.6. The molecule has 0 aromatic carbocycles. The Bertz CT molecular complexity index is 688. The molecule has 1 saturated heterocycles. The highest BCUT2D eigenvalue weighted by Gasteiger charge is 2.54. The molecular weight excluding hydrogens is 310 g/mol. The second-order valence-corrected chi connectivity index (χ2v) is 8.11. The molecule has 0 radical (unpaired) electrons. The van der Waals surface area contributed by atoms with Crippen LogP contribution in [0.3, 0.4) is 0 Å². The van der Waals surface area contributed by atoms with Crippen LogP contribution in [0.4, 0.5) is 0 Å². The van der Waals surface area contributed by atoms with Crippen molar-refractivity contribution in [1.29, 1.82) is 0 Å². The van der Waals surface area contributed by atoms with Crippen molar-refractivity contribution in [2.24, 2.45) is 11.3 Å². The van der Waals surface area contributed by atoms with E-state index in [-0.39, 0.29) is 0 Å². The first-order chi connectivity index (χ1) is 12.1. The van der Waals surface area contributed by atoms with Crippen LogP contribution in [0.25, 0.3) is 0 Å². The van der Waals surface area contributed by atoms with E-state index in [0.29, 0.717) is 5.41 Å². The molecule has 134 valence electrons. The van der Waals surface area contributed by atoms with Crippen LogP contribution >= 0.6 is 0 Å². The summed E-state index contributed by atoms with van der Waals surface area (Å²) >= 11 is 0. The van der Waals surface area contributed by atoms with Gasteiger partial charge >= 0.3 is 0 Å². The minimum atomic E-state index is 0.624. The Hall–Kier alpha value is -1.65. The van der Waals surface area contributed by atoms with E-state index >= 15 is 0 Å². The molecule has 4 heteroatoms. The van der Waals surface area contributed by atoms with Crippen LogP contribution in [-0.2, 0) is 13.1 Å². The second kappa shape index (κ2) is 6.93. The molecule has 3 heterocycles. The minimum absolute atomic E-state index is 0.624. The summed E-state index contributed by atoms with van der Waals surface area (Å²) in [6.45, 7) is 7.63. The van der Waals surface area contributed by atoms with Crippen molar-refractivity contribution < 1.29 is 4.42 Å². The fourth-order valence-electron chi connectivity index (χ4n) is 4.49. The van der Waals surface area contributed by atoms with Crippen molar-refractivity contribution in [2.75, 3.05) is 26.7 Å². The zero-order valence-electron chi connectivity index (χ0n) is 15.4. The van der Waals surface area contributed by atoms with Gasteiger partial charge in [0.05, 0.1) is 6.54 Å². The summed E-state index contributed by atoms with van der Waals surface area (Å²) in [5, 5.41) is 0. The predicted molar refractivity (Wildman–Crippen MR) is 99.1 cm³/mol. The third-order valence-corrected chi connectivity index (χ3v) is 6.09. The van der Waals surface area contributed by atoms with Crippen molar-refractivity contribution in [3.8, 4) is 0 Å². The number of rotatable bonds is 6. The van der Waals surface area contributed by atoms with Gasteiger partial charge in [-0.2, -0.15) is 0 Å². The van der Waals surface area contributed by atoms with Gasteiger partial charge in [-0.25, -0.2) is 0 Å². The van der Waals surface area contributed by atoms with Gasteiger partial charge in [0.2, 0.25) is 0 Å². The van der Waals surface area contributed by atoms with E-state index in [1.165, 1.54) is 44.5 Å². The molecule has 1 aliphatic heterocycles. The van der Waals surface area contributed by atoms with Crippen LogP contribution in [0.1, 0.15) is 36.3 Å². The minimum Gasteiger partial charge on any atom is -0.465 e. The lowest BCUT2D eigenvalue weighted by molar-refractivity contribution is 0.140. The average Bonchev–Trinajstić information content (AvgIpc) is 3.08. The van der Waals surface area contributed by atoms with Crippen LogP contribution in [0.2, 0.25) is 0 Å². The second-order valence-electron chi connectivity index (χ2n) is 8.11. The smallest absolute Gasteiger partial charge is 0.118 e. The lowest BCUT2D eigenvalue weighted by Gasteiger charge is -2.33. The zero-order valence-corrected chi connectivity index (χ0v) is 15.4. The van der Waals surface area contributed by atoms with Gasteiger partial charge < -0.3 is 9.32 Å². The fraction of sp³-hybridized carbons (Fsp3) is 0.571. The molecule has 1 spiro atoms. The number of piperidine rings is 1. The molecule has 2 aliphatic rings. The maximum absolute atomic E-state index is 5.73. The van der Waals surface area contributed by atoms with Gasteiger partial charge in [0, 0.05) is 25.5 Å². The third-order valence-electron chi connectivity index (χ3n) is 6.09. The maximum atomic E-state index is 5.73. The van der Waals surface area contributed by atoms with E-state index in [2.05, 4.69) is 40.0 Å². The molecule has 1 atom stereocenters. The van der Waals surface area contributed by atoms with Gasteiger partial charge in [-0.05, 0) is 81.4 Å². The van der Waals surface area contributed by atoms with E-state index < -0.39 is 0 Å². The molecule has 4 rings (SSSR count). The van der Waals surface area contributed by atoms with Crippen LogP contribution < -0.4 is 0 Å². The third kappa shape index (κ3) is 3.96. The Balaban J connectivity index is 1.23. The monoisotopic (exact) mass is 339 g/mol. The molecule has 0 bridgehead atoms.